The molecule has 92 valence electrons. The number of aromatic hydroxyl groups is 2. The number of rotatable bonds is 5. The third-order valence-corrected chi connectivity index (χ3v) is 2.69. The van der Waals surface area contributed by atoms with Gasteiger partial charge in [0.05, 0.1) is 5.56 Å². The highest BCUT2D eigenvalue weighted by atomic mass is 16.3. The van der Waals surface area contributed by atoms with Gasteiger partial charge in [0.2, 0.25) is 0 Å². The third-order valence-electron chi connectivity index (χ3n) is 2.69. The summed E-state index contributed by atoms with van der Waals surface area (Å²) >= 11 is 0. The van der Waals surface area contributed by atoms with Gasteiger partial charge in [0.1, 0.15) is 11.5 Å². The molecule has 0 saturated heterocycles. The summed E-state index contributed by atoms with van der Waals surface area (Å²) in [5, 5.41) is 20.0. The van der Waals surface area contributed by atoms with Crippen molar-refractivity contribution in [3.8, 4) is 11.5 Å². The molecule has 0 saturated carbocycles. The molecule has 0 bridgehead atoms. The Morgan fingerprint density at radius 1 is 1.41 bits per heavy atom. The first-order chi connectivity index (χ1) is 8.02. The maximum atomic E-state index is 11.4. The molecule has 2 N–H and O–H groups in total. The van der Waals surface area contributed by atoms with Crippen LogP contribution in [0.25, 0.3) is 0 Å². The second-order valence-electron chi connectivity index (χ2n) is 4.06. The van der Waals surface area contributed by atoms with E-state index in [1.54, 1.807) is 6.08 Å². The molecule has 0 radical (unpaired) electrons. The summed E-state index contributed by atoms with van der Waals surface area (Å²) in [5.41, 5.74) is 1.35. The molecule has 0 fully saturated rings. The summed E-state index contributed by atoms with van der Waals surface area (Å²) in [4.78, 5) is 11.4. The molecule has 0 atom stereocenters. The highest BCUT2D eigenvalue weighted by Crippen LogP contribution is 2.35. The largest absolute Gasteiger partial charge is 0.507 e. The first kappa shape index (κ1) is 13.3. The molecule has 1 rings (SSSR count). The Balaban J connectivity index is 3.44. The zero-order chi connectivity index (χ0) is 13.0. The van der Waals surface area contributed by atoms with Crippen LogP contribution in [0.5, 0.6) is 11.5 Å². The summed E-state index contributed by atoms with van der Waals surface area (Å²) < 4.78 is 0. The topological polar surface area (TPSA) is 57.5 Å². The van der Waals surface area contributed by atoms with Gasteiger partial charge in [-0.1, -0.05) is 19.4 Å². The van der Waals surface area contributed by atoms with Gasteiger partial charge in [0, 0.05) is 5.56 Å². The van der Waals surface area contributed by atoms with Gasteiger partial charge in [-0.2, -0.15) is 0 Å². The fraction of sp³-hybridized carbons (Fsp3) is 0.357. The zero-order valence-corrected chi connectivity index (χ0v) is 10.3. The number of hydrogen-bond donors (Lipinski definition) is 2. The zero-order valence-electron chi connectivity index (χ0n) is 10.3. The SMILES string of the molecule is C=CCc1cc(C(C)=O)c(O)c(CCC)c1O. The minimum atomic E-state index is -0.204. The number of phenols is 2. The smallest absolute Gasteiger partial charge is 0.163 e. The molecule has 0 aliphatic rings. The Labute approximate surface area is 101 Å². The minimum absolute atomic E-state index is 0.0780. The molecular weight excluding hydrogens is 216 g/mol. The molecule has 0 aliphatic carbocycles. The van der Waals surface area contributed by atoms with Gasteiger partial charge in [-0.3, -0.25) is 4.79 Å². The summed E-state index contributed by atoms with van der Waals surface area (Å²) in [6, 6.07) is 1.54. The average Bonchev–Trinajstić information content (AvgIpc) is 2.27. The van der Waals surface area contributed by atoms with Crippen molar-refractivity contribution in [1.29, 1.82) is 0 Å². The number of carbonyl (C=O) groups excluding carboxylic acids is 1. The summed E-state index contributed by atoms with van der Waals surface area (Å²) in [6.07, 6.45) is 3.47. The Bertz CT molecular complexity index is 447. The Morgan fingerprint density at radius 3 is 2.53 bits per heavy atom. The van der Waals surface area contributed by atoms with Crippen molar-refractivity contribution in [3.63, 3.8) is 0 Å². The van der Waals surface area contributed by atoms with Gasteiger partial charge in [-0.15, -0.1) is 6.58 Å². The van der Waals surface area contributed by atoms with Crippen LogP contribution in [-0.2, 0) is 12.8 Å². The van der Waals surface area contributed by atoms with Gasteiger partial charge < -0.3 is 10.2 Å². The van der Waals surface area contributed by atoms with E-state index in [1.807, 2.05) is 6.92 Å². The molecule has 3 heteroatoms. The molecule has 0 aliphatic heterocycles. The van der Waals surface area contributed by atoms with Crippen molar-refractivity contribution < 1.29 is 15.0 Å². The number of allylic oxidation sites excluding steroid dienone is 1. The Kier molecular flexibility index (Phi) is 4.32. The van der Waals surface area contributed by atoms with Crippen LogP contribution in [0.3, 0.4) is 0 Å². The standard InChI is InChI=1S/C14H18O3/c1-4-6-10-8-12(9(3)15)14(17)11(7-5-2)13(10)16/h4,8,16-17H,1,5-7H2,2-3H3. The number of benzene rings is 1. The number of hydrogen-bond acceptors (Lipinski definition) is 3. The van der Waals surface area contributed by atoms with E-state index in [0.717, 1.165) is 6.42 Å². The maximum Gasteiger partial charge on any atom is 0.163 e. The first-order valence-electron chi connectivity index (χ1n) is 5.71. The third kappa shape index (κ3) is 2.67. The highest BCUT2D eigenvalue weighted by molar-refractivity contribution is 5.97. The molecule has 17 heavy (non-hydrogen) atoms. The molecule has 1 aromatic carbocycles. The Morgan fingerprint density at radius 2 is 2.06 bits per heavy atom. The van der Waals surface area contributed by atoms with E-state index in [9.17, 15) is 15.0 Å². The van der Waals surface area contributed by atoms with Crippen molar-refractivity contribution in [2.24, 2.45) is 0 Å². The number of Topliss-reactive ketones (excluding diaryl/α,β-unsaturated/α-hetero) is 1. The average molecular weight is 234 g/mol. The molecule has 0 heterocycles. The lowest BCUT2D eigenvalue weighted by atomic mass is 9.96. The Hall–Kier alpha value is -1.77. The lowest BCUT2D eigenvalue weighted by Gasteiger charge is -2.13. The van der Waals surface area contributed by atoms with E-state index in [-0.39, 0.29) is 22.8 Å². The lowest BCUT2D eigenvalue weighted by molar-refractivity contribution is 0.101. The van der Waals surface area contributed by atoms with E-state index in [0.29, 0.717) is 24.0 Å². The van der Waals surface area contributed by atoms with E-state index in [2.05, 4.69) is 6.58 Å². The predicted molar refractivity (Wildman–Crippen MR) is 67.7 cm³/mol. The van der Waals surface area contributed by atoms with Gasteiger partial charge in [0.15, 0.2) is 5.78 Å². The maximum absolute atomic E-state index is 11.4. The molecule has 0 aromatic heterocycles. The summed E-state index contributed by atoms with van der Waals surface area (Å²) in [5.74, 6) is -0.218. The molecule has 0 unspecified atom stereocenters. The number of carbonyl (C=O) groups is 1. The highest BCUT2D eigenvalue weighted by Gasteiger charge is 2.18. The molecular formula is C14H18O3. The number of phenolic OH excluding ortho intramolecular Hbond substituents is 2. The fourth-order valence-electron chi connectivity index (χ4n) is 1.85. The normalized spacial score (nSPS) is 10.2. The van der Waals surface area contributed by atoms with Gasteiger partial charge in [-0.05, 0) is 31.4 Å². The quantitative estimate of drug-likeness (QED) is 0.608. The predicted octanol–water partition coefficient (Wildman–Crippen LogP) is 2.98. The van der Waals surface area contributed by atoms with Gasteiger partial charge in [-0.25, -0.2) is 0 Å². The van der Waals surface area contributed by atoms with Crippen LogP contribution in [0.4, 0.5) is 0 Å². The van der Waals surface area contributed by atoms with Crippen LogP contribution in [0.1, 0.15) is 41.8 Å². The van der Waals surface area contributed by atoms with Crippen LogP contribution in [-0.4, -0.2) is 16.0 Å². The van der Waals surface area contributed by atoms with E-state index >= 15 is 0 Å². The summed E-state index contributed by atoms with van der Waals surface area (Å²) in [7, 11) is 0. The molecule has 0 spiro atoms. The van der Waals surface area contributed by atoms with Crippen LogP contribution < -0.4 is 0 Å². The van der Waals surface area contributed by atoms with Crippen molar-refractivity contribution in [2.45, 2.75) is 33.1 Å². The second kappa shape index (κ2) is 5.53. The van der Waals surface area contributed by atoms with Gasteiger partial charge >= 0.3 is 0 Å². The first-order valence-corrected chi connectivity index (χ1v) is 5.71. The monoisotopic (exact) mass is 234 g/mol. The second-order valence-corrected chi connectivity index (χ2v) is 4.06. The van der Waals surface area contributed by atoms with E-state index < -0.39 is 0 Å². The fourth-order valence-corrected chi connectivity index (χ4v) is 1.85. The van der Waals surface area contributed by atoms with Crippen molar-refractivity contribution in [1.82, 2.24) is 0 Å². The molecule has 3 nitrogen and oxygen atoms in total. The van der Waals surface area contributed by atoms with E-state index in [4.69, 9.17) is 0 Å². The number of ketones is 1. The van der Waals surface area contributed by atoms with E-state index in [1.165, 1.54) is 13.0 Å². The van der Waals surface area contributed by atoms with Crippen molar-refractivity contribution in [3.05, 3.63) is 35.4 Å². The minimum Gasteiger partial charge on any atom is -0.507 e. The van der Waals surface area contributed by atoms with Gasteiger partial charge in [0.25, 0.3) is 0 Å². The lowest BCUT2D eigenvalue weighted by Crippen LogP contribution is -2.00. The van der Waals surface area contributed by atoms with Crippen molar-refractivity contribution >= 4 is 5.78 Å². The molecule has 1 aromatic rings. The summed E-state index contributed by atoms with van der Waals surface area (Å²) in [6.45, 7) is 6.96. The van der Waals surface area contributed by atoms with Crippen LogP contribution in [0.15, 0.2) is 18.7 Å². The van der Waals surface area contributed by atoms with Crippen molar-refractivity contribution in [2.75, 3.05) is 0 Å². The molecule has 0 amide bonds. The van der Waals surface area contributed by atoms with Crippen LogP contribution >= 0.6 is 0 Å². The van der Waals surface area contributed by atoms with Crippen LogP contribution in [0.2, 0.25) is 0 Å². The van der Waals surface area contributed by atoms with Crippen LogP contribution in [0, 0.1) is 0 Å².